The second-order valence-corrected chi connectivity index (χ2v) is 7.73. The highest BCUT2D eigenvalue weighted by Crippen LogP contribution is 2.26. The number of aromatic nitrogens is 2. The van der Waals surface area contributed by atoms with Crippen LogP contribution in [0.15, 0.2) is 66.7 Å². The predicted molar refractivity (Wildman–Crippen MR) is 126 cm³/mol. The molecule has 0 fully saturated rings. The molecular weight excluding hydrogens is 402 g/mol. The summed E-state index contributed by atoms with van der Waals surface area (Å²) in [6, 6.07) is 20.8. The van der Waals surface area contributed by atoms with E-state index in [0.717, 1.165) is 52.9 Å². The lowest BCUT2D eigenvalue weighted by molar-refractivity contribution is -0.105. The molecule has 6 heteroatoms. The second-order valence-electron chi connectivity index (χ2n) is 7.73. The van der Waals surface area contributed by atoms with Gasteiger partial charge in [-0.1, -0.05) is 55.8 Å². The summed E-state index contributed by atoms with van der Waals surface area (Å²) in [7, 11) is 0. The number of rotatable bonds is 9. The molecule has 3 aromatic carbocycles. The van der Waals surface area contributed by atoms with Crippen molar-refractivity contribution in [3.05, 3.63) is 83.7 Å². The van der Waals surface area contributed by atoms with Gasteiger partial charge in [-0.05, 0) is 47.4 Å². The Morgan fingerprint density at radius 3 is 2.59 bits per heavy atom. The molecule has 6 nitrogen and oxygen atoms in total. The van der Waals surface area contributed by atoms with E-state index in [-0.39, 0.29) is 0 Å². The number of hydrogen-bond acceptors (Lipinski definition) is 3. The zero-order valence-corrected chi connectivity index (χ0v) is 17.9. The molecule has 0 spiro atoms. The number of carbonyl (C=O) groups is 2. The van der Waals surface area contributed by atoms with Crippen LogP contribution in [0.5, 0.6) is 0 Å². The number of carboxylic acids is 1. The summed E-state index contributed by atoms with van der Waals surface area (Å²) < 4.78 is 2.22. The molecule has 0 unspecified atom stereocenters. The van der Waals surface area contributed by atoms with Gasteiger partial charge in [0.2, 0.25) is 6.41 Å². The van der Waals surface area contributed by atoms with Crippen LogP contribution >= 0.6 is 0 Å². The number of unbranched alkanes of at least 4 members (excludes halogenated alkanes) is 1. The van der Waals surface area contributed by atoms with Gasteiger partial charge in [-0.2, -0.15) is 0 Å². The van der Waals surface area contributed by atoms with Gasteiger partial charge in [-0.25, -0.2) is 9.78 Å². The van der Waals surface area contributed by atoms with Crippen LogP contribution in [0.4, 0.5) is 5.69 Å². The number of aryl methyl sites for hydroxylation is 1. The fourth-order valence-corrected chi connectivity index (χ4v) is 3.93. The van der Waals surface area contributed by atoms with Gasteiger partial charge in [0.05, 0.1) is 16.6 Å². The Balaban J connectivity index is 1.67. The molecule has 1 heterocycles. The molecule has 0 bridgehead atoms. The molecule has 0 radical (unpaired) electrons. The van der Waals surface area contributed by atoms with E-state index in [2.05, 4.69) is 16.8 Å². The third-order valence-corrected chi connectivity index (χ3v) is 5.57. The summed E-state index contributed by atoms with van der Waals surface area (Å²) in [5.41, 5.74) is 5.58. The number of amides is 1. The Bertz CT molecular complexity index is 1260. The zero-order chi connectivity index (χ0) is 22.5. The number of nitrogens with zero attached hydrogens (tertiary/aromatic N) is 2. The first-order valence-electron chi connectivity index (χ1n) is 10.7. The molecule has 0 aliphatic carbocycles. The number of imidazole rings is 1. The van der Waals surface area contributed by atoms with Gasteiger partial charge < -0.3 is 15.0 Å². The summed E-state index contributed by atoms with van der Waals surface area (Å²) in [6.45, 7) is 2.82. The van der Waals surface area contributed by atoms with Crippen LogP contribution in [-0.4, -0.2) is 27.0 Å². The number of carbonyl (C=O) groups excluding carboxylic acids is 1. The average Bonchev–Trinajstić information content (AvgIpc) is 3.14. The highest BCUT2D eigenvalue weighted by Gasteiger charge is 2.13. The predicted octanol–water partition coefficient (Wildman–Crippen LogP) is 5.36. The van der Waals surface area contributed by atoms with Crippen molar-refractivity contribution >= 4 is 29.1 Å². The first-order chi connectivity index (χ1) is 15.6. The number of aromatic carboxylic acids is 1. The molecule has 0 saturated carbocycles. The topological polar surface area (TPSA) is 84.2 Å². The van der Waals surface area contributed by atoms with Gasteiger partial charge in [0.15, 0.2) is 0 Å². The number of fused-ring (bicyclic) bond motifs is 1. The van der Waals surface area contributed by atoms with Crippen molar-refractivity contribution in [1.82, 2.24) is 9.55 Å². The van der Waals surface area contributed by atoms with Gasteiger partial charge in [-0.3, -0.25) is 4.79 Å². The molecule has 4 aromatic rings. The second kappa shape index (κ2) is 9.47. The van der Waals surface area contributed by atoms with E-state index in [1.807, 2.05) is 54.6 Å². The molecule has 0 saturated heterocycles. The van der Waals surface area contributed by atoms with Crippen molar-refractivity contribution in [2.24, 2.45) is 0 Å². The molecular formula is C26H25N3O3. The minimum atomic E-state index is -0.932. The van der Waals surface area contributed by atoms with Crippen LogP contribution in [0.2, 0.25) is 0 Å². The molecule has 162 valence electrons. The highest BCUT2D eigenvalue weighted by atomic mass is 16.4. The first-order valence-corrected chi connectivity index (χ1v) is 10.7. The lowest BCUT2D eigenvalue weighted by Gasteiger charge is -2.11. The Hall–Kier alpha value is -3.93. The smallest absolute Gasteiger partial charge is 0.336 e. The fraction of sp³-hybridized carbons (Fsp3) is 0.192. The van der Waals surface area contributed by atoms with Crippen molar-refractivity contribution in [3.8, 4) is 11.1 Å². The number of benzene rings is 3. The minimum Gasteiger partial charge on any atom is -0.478 e. The summed E-state index contributed by atoms with van der Waals surface area (Å²) in [5.74, 6) is 0.0870. The van der Waals surface area contributed by atoms with Gasteiger partial charge in [0, 0.05) is 18.7 Å². The Kier molecular flexibility index (Phi) is 6.31. The number of carboxylic acid groups (broad SMARTS) is 1. The van der Waals surface area contributed by atoms with Crippen LogP contribution in [0.25, 0.3) is 22.2 Å². The normalized spacial score (nSPS) is 10.9. The van der Waals surface area contributed by atoms with E-state index in [9.17, 15) is 14.7 Å². The lowest BCUT2D eigenvalue weighted by Crippen LogP contribution is -2.05. The summed E-state index contributed by atoms with van der Waals surface area (Å²) in [6.07, 6.45) is 3.68. The number of hydrogen-bond donors (Lipinski definition) is 2. The van der Waals surface area contributed by atoms with Crippen LogP contribution in [0.3, 0.4) is 0 Å². The minimum absolute atomic E-state index is 0.294. The quantitative estimate of drug-likeness (QED) is 0.352. The molecule has 32 heavy (non-hydrogen) atoms. The Morgan fingerprint density at radius 2 is 1.88 bits per heavy atom. The highest BCUT2D eigenvalue weighted by molar-refractivity contribution is 5.96. The fourth-order valence-electron chi connectivity index (χ4n) is 3.93. The van der Waals surface area contributed by atoms with E-state index in [1.165, 1.54) is 0 Å². The van der Waals surface area contributed by atoms with Crippen molar-refractivity contribution in [1.29, 1.82) is 0 Å². The SMILES string of the molecule is CCCCc1nc2cc(NC=O)ccc2n1Cc1ccc(-c2ccccc2C(=O)O)cc1. The van der Waals surface area contributed by atoms with Crippen molar-refractivity contribution in [2.45, 2.75) is 32.7 Å². The van der Waals surface area contributed by atoms with Crippen LogP contribution in [-0.2, 0) is 17.8 Å². The molecule has 1 amide bonds. The Labute approximate surface area is 186 Å². The summed E-state index contributed by atoms with van der Waals surface area (Å²) in [4.78, 5) is 27.2. The molecule has 0 aliphatic rings. The molecule has 4 rings (SSSR count). The zero-order valence-electron chi connectivity index (χ0n) is 17.9. The van der Waals surface area contributed by atoms with Crippen molar-refractivity contribution in [3.63, 3.8) is 0 Å². The van der Waals surface area contributed by atoms with Crippen molar-refractivity contribution in [2.75, 3.05) is 5.32 Å². The van der Waals surface area contributed by atoms with Crippen LogP contribution in [0.1, 0.15) is 41.5 Å². The molecule has 0 atom stereocenters. The van der Waals surface area contributed by atoms with Crippen LogP contribution in [0, 0.1) is 0 Å². The van der Waals surface area contributed by atoms with E-state index in [1.54, 1.807) is 12.1 Å². The van der Waals surface area contributed by atoms with Crippen molar-refractivity contribution < 1.29 is 14.7 Å². The third kappa shape index (κ3) is 4.39. The van der Waals surface area contributed by atoms with E-state index >= 15 is 0 Å². The standard InChI is InChI=1S/C26H25N3O3/c1-2-3-8-25-28-23-15-20(27-17-30)13-14-24(23)29(25)16-18-9-11-19(12-10-18)21-6-4-5-7-22(21)26(31)32/h4-7,9-15,17H,2-3,8,16H2,1H3,(H,27,30)(H,31,32). The maximum atomic E-state index is 11.6. The molecule has 2 N–H and O–H groups in total. The van der Waals surface area contributed by atoms with Gasteiger partial charge in [-0.15, -0.1) is 0 Å². The number of nitrogens with one attached hydrogen (secondary N) is 1. The summed E-state index contributed by atoms with van der Waals surface area (Å²) >= 11 is 0. The largest absolute Gasteiger partial charge is 0.478 e. The average molecular weight is 428 g/mol. The molecule has 0 aliphatic heterocycles. The Morgan fingerprint density at radius 1 is 1.09 bits per heavy atom. The monoisotopic (exact) mass is 427 g/mol. The number of anilines is 1. The van der Waals surface area contributed by atoms with Gasteiger partial charge >= 0.3 is 5.97 Å². The van der Waals surface area contributed by atoms with Gasteiger partial charge in [0.1, 0.15) is 5.82 Å². The lowest BCUT2D eigenvalue weighted by atomic mass is 9.99. The van der Waals surface area contributed by atoms with E-state index in [0.29, 0.717) is 24.1 Å². The third-order valence-electron chi connectivity index (χ3n) is 5.57. The van der Waals surface area contributed by atoms with Gasteiger partial charge in [0.25, 0.3) is 0 Å². The summed E-state index contributed by atoms with van der Waals surface area (Å²) in [5, 5.41) is 12.2. The van der Waals surface area contributed by atoms with Crippen LogP contribution < -0.4 is 5.32 Å². The molecule has 1 aromatic heterocycles. The maximum absolute atomic E-state index is 11.6. The first kappa shape index (κ1) is 21.3. The maximum Gasteiger partial charge on any atom is 0.336 e. The van der Waals surface area contributed by atoms with E-state index in [4.69, 9.17) is 4.98 Å². The van der Waals surface area contributed by atoms with E-state index < -0.39 is 5.97 Å².